The Morgan fingerprint density at radius 1 is 1.50 bits per heavy atom. The summed E-state index contributed by atoms with van der Waals surface area (Å²) in [7, 11) is 0. The average molecular weight is 247 g/mol. The average Bonchev–Trinajstić information content (AvgIpc) is 2.16. The maximum atomic E-state index is 12.8. The Bertz CT molecular complexity index is 448. The first-order valence-corrected chi connectivity index (χ1v) is 5.10. The van der Waals surface area contributed by atoms with Crippen LogP contribution in [0.5, 0.6) is 5.75 Å². The van der Waals surface area contributed by atoms with Crippen molar-refractivity contribution in [1.82, 2.24) is 0 Å². The van der Waals surface area contributed by atoms with Crippen LogP contribution < -0.4 is 4.74 Å². The number of benzene rings is 1. The lowest BCUT2D eigenvalue weighted by Crippen LogP contribution is -2.45. The van der Waals surface area contributed by atoms with Gasteiger partial charge in [0, 0.05) is 5.02 Å². The molecule has 0 saturated carbocycles. The summed E-state index contributed by atoms with van der Waals surface area (Å²) in [5.41, 5.74) is -1.45. The standard InChI is InChI=1S/C11H9ClF2O2/c1-11(10(13)14)5-8(15)7-3-2-6(12)4-9(7)16-11/h2-4,10H,5H2,1H3. The number of rotatable bonds is 1. The van der Waals surface area contributed by atoms with Gasteiger partial charge in [-0.3, -0.25) is 4.79 Å². The van der Waals surface area contributed by atoms with Gasteiger partial charge in [0.25, 0.3) is 6.43 Å². The molecule has 1 heterocycles. The molecule has 1 atom stereocenters. The highest BCUT2D eigenvalue weighted by atomic mass is 35.5. The second kappa shape index (κ2) is 3.70. The molecule has 0 aliphatic carbocycles. The van der Waals surface area contributed by atoms with E-state index in [4.69, 9.17) is 16.3 Å². The van der Waals surface area contributed by atoms with E-state index in [0.29, 0.717) is 10.6 Å². The zero-order valence-corrected chi connectivity index (χ0v) is 9.22. The lowest BCUT2D eigenvalue weighted by Gasteiger charge is -2.34. The number of halogens is 3. The minimum Gasteiger partial charge on any atom is -0.480 e. The van der Waals surface area contributed by atoms with E-state index in [1.165, 1.54) is 25.1 Å². The zero-order chi connectivity index (χ0) is 11.9. The minimum absolute atomic E-state index is 0.131. The highest BCUT2D eigenvalue weighted by Gasteiger charge is 2.44. The van der Waals surface area contributed by atoms with Gasteiger partial charge in [0.05, 0.1) is 12.0 Å². The monoisotopic (exact) mass is 246 g/mol. The molecule has 0 aromatic heterocycles. The molecule has 0 amide bonds. The SMILES string of the molecule is CC1(C(F)F)CC(=O)c2ccc(Cl)cc2O1. The van der Waals surface area contributed by atoms with Crippen LogP contribution in [0, 0.1) is 0 Å². The summed E-state index contributed by atoms with van der Waals surface area (Å²) in [6, 6.07) is 4.41. The van der Waals surface area contributed by atoms with Gasteiger partial charge >= 0.3 is 0 Å². The van der Waals surface area contributed by atoms with Crippen LogP contribution in [0.3, 0.4) is 0 Å². The number of hydrogen-bond acceptors (Lipinski definition) is 2. The van der Waals surface area contributed by atoms with E-state index < -0.39 is 12.0 Å². The second-order valence-electron chi connectivity index (χ2n) is 3.96. The Balaban J connectivity index is 2.46. The summed E-state index contributed by atoms with van der Waals surface area (Å²) in [6.45, 7) is 1.22. The van der Waals surface area contributed by atoms with Crippen LogP contribution in [0.15, 0.2) is 18.2 Å². The van der Waals surface area contributed by atoms with Gasteiger partial charge in [-0.2, -0.15) is 0 Å². The molecule has 0 radical (unpaired) electrons. The van der Waals surface area contributed by atoms with Crippen molar-refractivity contribution in [3.8, 4) is 5.75 Å². The molecule has 1 aliphatic heterocycles. The van der Waals surface area contributed by atoms with Crippen molar-refractivity contribution in [3.05, 3.63) is 28.8 Å². The lowest BCUT2D eigenvalue weighted by molar-refractivity contribution is -0.0681. The summed E-state index contributed by atoms with van der Waals surface area (Å²) < 4.78 is 30.7. The summed E-state index contributed by atoms with van der Waals surface area (Å²) in [4.78, 5) is 11.7. The predicted octanol–water partition coefficient (Wildman–Crippen LogP) is 3.33. The van der Waals surface area contributed by atoms with Gasteiger partial charge in [-0.15, -0.1) is 0 Å². The first-order valence-electron chi connectivity index (χ1n) is 4.72. The van der Waals surface area contributed by atoms with Crippen LogP contribution in [0.25, 0.3) is 0 Å². The molecule has 0 saturated heterocycles. The second-order valence-corrected chi connectivity index (χ2v) is 4.39. The van der Waals surface area contributed by atoms with Crippen molar-refractivity contribution in [2.75, 3.05) is 0 Å². The molecule has 0 spiro atoms. The topological polar surface area (TPSA) is 26.3 Å². The number of ketones is 1. The molecule has 2 rings (SSSR count). The zero-order valence-electron chi connectivity index (χ0n) is 8.47. The van der Waals surface area contributed by atoms with E-state index in [9.17, 15) is 13.6 Å². The van der Waals surface area contributed by atoms with Gasteiger partial charge in [-0.05, 0) is 25.1 Å². The molecule has 1 aliphatic rings. The molecule has 0 fully saturated rings. The largest absolute Gasteiger partial charge is 0.480 e. The Morgan fingerprint density at radius 3 is 2.81 bits per heavy atom. The lowest BCUT2D eigenvalue weighted by atomic mass is 9.92. The van der Waals surface area contributed by atoms with Crippen molar-refractivity contribution in [2.24, 2.45) is 0 Å². The molecular formula is C11H9ClF2O2. The van der Waals surface area contributed by atoms with E-state index in [1.807, 2.05) is 0 Å². The molecule has 0 N–H and O–H groups in total. The molecule has 1 aromatic carbocycles. The van der Waals surface area contributed by atoms with Gasteiger partial charge in [0.15, 0.2) is 11.4 Å². The number of ether oxygens (including phenoxy) is 1. The number of carbonyl (C=O) groups is 1. The molecule has 16 heavy (non-hydrogen) atoms. The third-order valence-electron chi connectivity index (χ3n) is 2.56. The molecule has 1 aromatic rings. The Morgan fingerprint density at radius 2 is 2.19 bits per heavy atom. The fourth-order valence-corrected chi connectivity index (χ4v) is 1.80. The maximum absolute atomic E-state index is 12.8. The number of carbonyl (C=O) groups excluding carboxylic acids is 1. The third-order valence-corrected chi connectivity index (χ3v) is 2.80. The highest BCUT2D eigenvalue weighted by molar-refractivity contribution is 6.30. The first kappa shape index (κ1) is 11.3. The summed E-state index contributed by atoms with van der Waals surface area (Å²) in [5, 5.41) is 0.352. The smallest absolute Gasteiger partial charge is 0.277 e. The Kier molecular flexibility index (Phi) is 2.62. The van der Waals surface area contributed by atoms with E-state index in [1.54, 1.807) is 0 Å². The predicted molar refractivity (Wildman–Crippen MR) is 55.4 cm³/mol. The Labute approximate surface area is 96.2 Å². The van der Waals surface area contributed by atoms with Crippen LogP contribution in [0.2, 0.25) is 5.02 Å². The number of hydrogen-bond donors (Lipinski definition) is 0. The number of alkyl halides is 2. The van der Waals surface area contributed by atoms with Gasteiger partial charge in [-0.25, -0.2) is 8.78 Å². The van der Waals surface area contributed by atoms with Gasteiger partial charge in [0.1, 0.15) is 5.75 Å². The van der Waals surface area contributed by atoms with Crippen molar-refractivity contribution in [2.45, 2.75) is 25.4 Å². The molecule has 1 unspecified atom stereocenters. The minimum atomic E-state index is -2.72. The van der Waals surface area contributed by atoms with Crippen LogP contribution in [-0.4, -0.2) is 17.8 Å². The van der Waals surface area contributed by atoms with E-state index >= 15 is 0 Å². The van der Waals surface area contributed by atoms with Gasteiger partial charge in [-0.1, -0.05) is 11.6 Å². The molecule has 0 bridgehead atoms. The first-order chi connectivity index (χ1) is 7.42. The summed E-state index contributed by atoms with van der Waals surface area (Å²) in [6.07, 6.45) is -3.04. The van der Waals surface area contributed by atoms with Crippen molar-refractivity contribution in [3.63, 3.8) is 0 Å². The van der Waals surface area contributed by atoms with Gasteiger partial charge in [0.2, 0.25) is 0 Å². The van der Waals surface area contributed by atoms with Crippen molar-refractivity contribution < 1.29 is 18.3 Å². The summed E-state index contributed by atoms with van der Waals surface area (Å²) >= 11 is 5.72. The molecule has 5 heteroatoms. The van der Waals surface area contributed by atoms with E-state index in [-0.39, 0.29) is 18.0 Å². The van der Waals surface area contributed by atoms with E-state index in [0.717, 1.165) is 0 Å². The summed E-state index contributed by atoms with van der Waals surface area (Å²) in [5.74, 6) is -0.215. The molecule has 2 nitrogen and oxygen atoms in total. The van der Waals surface area contributed by atoms with Crippen LogP contribution in [0.4, 0.5) is 8.78 Å². The Hall–Kier alpha value is -1.16. The number of Topliss-reactive ketones (excluding diaryl/α,β-unsaturated/α-hetero) is 1. The molecule has 86 valence electrons. The van der Waals surface area contributed by atoms with Crippen molar-refractivity contribution in [1.29, 1.82) is 0 Å². The fraction of sp³-hybridized carbons (Fsp3) is 0.364. The van der Waals surface area contributed by atoms with Crippen LogP contribution >= 0.6 is 11.6 Å². The van der Waals surface area contributed by atoms with Crippen LogP contribution in [-0.2, 0) is 0 Å². The van der Waals surface area contributed by atoms with Crippen LogP contribution in [0.1, 0.15) is 23.7 Å². The normalized spacial score (nSPS) is 24.2. The molecular weight excluding hydrogens is 238 g/mol. The number of fused-ring (bicyclic) bond motifs is 1. The third kappa shape index (κ3) is 1.78. The van der Waals surface area contributed by atoms with Crippen molar-refractivity contribution >= 4 is 17.4 Å². The van der Waals surface area contributed by atoms with Gasteiger partial charge < -0.3 is 4.74 Å². The quantitative estimate of drug-likeness (QED) is 0.760. The highest BCUT2D eigenvalue weighted by Crippen LogP contribution is 2.37. The van der Waals surface area contributed by atoms with E-state index in [2.05, 4.69) is 0 Å². The maximum Gasteiger partial charge on any atom is 0.277 e. The fourth-order valence-electron chi connectivity index (χ4n) is 1.63.